The largest absolute Gasteiger partial charge is 0.359 e. The molecule has 2 aromatic carbocycles. The summed E-state index contributed by atoms with van der Waals surface area (Å²) >= 11 is 5.61. The van der Waals surface area contributed by atoms with Gasteiger partial charge in [0.25, 0.3) is 0 Å². The van der Waals surface area contributed by atoms with Gasteiger partial charge < -0.3 is 10.2 Å². The van der Waals surface area contributed by atoms with E-state index in [4.69, 9.17) is 12.2 Å². The fourth-order valence-corrected chi connectivity index (χ4v) is 4.95. The minimum Gasteiger partial charge on any atom is -0.359 e. The molecule has 0 radical (unpaired) electrons. The van der Waals surface area contributed by atoms with E-state index in [0.717, 1.165) is 0 Å². The predicted molar refractivity (Wildman–Crippen MR) is 105 cm³/mol. The van der Waals surface area contributed by atoms with Crippen LogP contribution in [0.5, 0.6) is 0 Å². The maximum absolute atomic E-state index is 11.7. The lowest BCUT2D eigenvalue weighted by Crippen LogP contribution is -2.44. The Bertz CT molecular complexity index is 766. The van der Waals surface area contributed by atoms with Gasteiger partial charge in [0, 0.05) is 19.1 Å². The molecule has 1 N–H and O–H groups in total. The highest BCUT2D eigenvalue weighted by Gasteiger charge is 2.29. The van der Waals surface area contributed by atoms with Crippen LogP contribution in [0.15, 0.2) is 60.7 Å². The molecule has 0 spiro atoms. The van der Waals surface area contributed by atoms with Crippen LogP contribution in [0.1, 0.15) is 17.5 Å². The minimum atomic E-state index is -2.93. The van der Waals surface area contributed by atoms with E-state index in [1.165, 1.54) is 11.1 Å². The molecule has 1 fully saturated rings. The van der Waals surface area contributed by atoms with Crippen LogP contribution in [0.2, 0.25) is 0 Å². The summed E-state index contributed by atoms with van der Waals surface area (Å²) in [5.74, 6) is 0.405. The van der Waals surface area contributed by atoms with Crippen molar-refractivity contribution in [3.8, 4) is 0 Å². The molecule has 1 saturated heterocycles. The number of nitrogens with zero attached hydrogens (tertiary/aromatic N) is 1. The highest BCUT2D eigenvalue weighted by molar-refractivity contribution is 7.91. The maximum atomic E-state index is 11.7. The van der Waals surface area contributed by atoms with Gasteiger partial charge in [-0.25, -0.2) is 8.42 Å². The summed E-state index contributed by atoms with van der Waals surface area (Å²) in [6.07, 6.45) is 0.618. The third-order valence-corrected chi connectivity index (χ3v) is 6.42. The van der Waals surface area contributed by atoms with Crippen LogP contribution in [0.3, 0.4) is 0 Å². The Morgan fingerprint density at radius 3 is 1.96 bits per heavy atom. The van der Waals surface area contributed by atoms with E-state index in [0.29, 0.717) is 24.6 Å². The highest BCUT2D eigenvalue weighted by atomic mass is 32.2. The zero-order chi connectivity index (χ0) is 17.7. The molecule has 1 unspecified atom stereocenters. The van der Waals surface area contributed by atoms with Gasteiger partial charge in [0.2, 0.25) is 0 Å². The van der Waals surface area contributed by atoms with Gasteiger partial charge in [0.05, 0.1) is 11.5 Å². The first-order valence-corrected chi connectivity index (χ1v) is 10.6. The molecule has 25 heavy (non-hydrogen) atoms. The summed E-state index contributed by atoms with van der Waals surface area (Å²) < 4.78 is 23.4. The number of sulfone groups is 1. The molecule has 2 aromatic rings. The smallest absolute Gasteiger partial charge is 0.169 e. The van der Waals surface area contributed by atoms with E-state index in [-0.39, 0.29) is 17.5 Å². The molecule has 0 bridgehead atoms. The molecule has 1 atom stereocenters. The average Bonchev–Trinajstić information content (AvgIpc) is 2.94. The predicted octanol–water partition coefficient (Wildman–Crippen LogP) is 2.75. The number of benzene rings is 2. The van der Waals surface area contributed by atoms with Crippen molar-refractivity contribution >= 4 is 27.2 Å². The van der Waals surface area contributed by atoms with Crippen molar-refractivity contribution in [2.45, 2.75) is 25.6 Å². The van der Waals surface area contributed by atoms with E-state index in [1.807, 2.05) is 36.4 Å². The molecule has 3 rings (SSSR count). The van der Waals surface area contributed by atoms with Gasteiger partial charge in [-0.05, 0) is 29.8 Å². The summed E-state index contributed by atoms with van der Waals surface area (Å²) in [7, 11) is -2.93. The quantitative estimate of drug-likeness (QED) is 0.816. The second-order valence-corrected chi connectivity index (χ2v) is 8.99. The third-order valence-electron chi connectivity index (χ3n) is 4.28. The summed E-state index contributed by atoms with van der Waals surface area (Å²) in [5.41, 5.74) is 2.34. The van der Waals surface area contributed by atoms with E-state index >= 15 is 0 Å². The topological polar surface area (TPSA) is 49.4 Å². The van der Waals surface area contributed by atoms with Gasteiger partial charge in [0.15, 0.2) is 14.9 Å². The SMILES string of the molecule is O=S1(=O)CCC(NC(=S)N(Cc2ccccc2)Cc2ccccc2)C1. The summed E-state index contributed by atoms with van der Waals surface area (Å²) in [6, 6.07) is 20.2. The maximum Gasteiger partial charge on any atom is 0.169 e. The number of nitrogens with one attached hydrogen (secondary N) is 1. The van der Waals surface area contributed by atoms with E-state index in [9.17, 15) is 8.42 Å². The summed E-state index contributed by atoms with van der Waals surface area (Å²) in [6.45, 7) is 1.36. The van der Waals surface area contributed by atoms with Crippen LogP contribution < -0.4 is 5.32 Å². The molecule has 1 aliphatic rings. The number of thiocarbonyl (C=S) groups is 1. The third kappa shape index (κ3) is 5.28. The Kier molecular flexibility index (Phi) is 5.71. The molecule has 1 aliphatic heterocycles. The molecule has 1 heterocycles. The van der Waals surface area contributed by atoms with Crippen molar-refractivity contribution in [1.82, 2.24) is 10.2 Å². The monoisotopic (exact) mass is 374 g/mol. The Labute approximate surface area is 154 Å². The molecule has 0 aromatic heterocycles. The zero-order valence-electron chi connectivity index (χ0n) is 14.0. The molecular weight excluding hydrogens is 352 g/mol. The lowest BCUT2D eigenvalue weighted by Gasteiger charge is -2.28. The standard InChI is InChI=1S/C19H22N2O2S2/c22-25(23)12-11-18(15-25)20-19(24)21(13-16-7-3-1-4-8-16)14-17-9-5-2-6-10-17/h1-10,18H,11-15H2,(H,20,24). The number of rotatable bonds is 5. The van der Waals surface area contributed by atoms with Crippen molar-refractivity contribution in [2.75, 3.05) is 11.5 Å². The zero-order valence-corrected chi connectivity index (χ0v) is 15.6. The first-order valence-electron chi connectivity index (χ1n) is 8.35. The van der Waals surface area contributed by atoms with E-state index < -0.39 is 9.84 Å². The molecular formula is C19H22N2O2S2. The van der Waals surface area contributed by atoms with Gasteiger partial charge in [-0.15, -0.1) is 0 Å². The fourth-order valence-electron chi connectivity index (χ4n) is 2.98. The Morgan fingerprint density at radius 1 is 1.00 bits per heavy atom. The van der Waals surface area contributed by atoms with Gasteiger partial charge in [-0.2, -0.15) is 0 Å². The average molecular weight is 375 g/mol. The van der Waals surface area contributed by atoms with E-state index in [2.05, 4.69) is 34.5 Å². The van der Waals surface area contributed by atoms with Crippen LogP contribution >= 0.6 is 12.2 Å². The lowest BCUT2D eigenvalue weighted by molar-refractivity contribution is 0.393. The van der Waals surface area contributed by atoms with Crippen LogP contribution in [0, 0.1) is 0 Å². The van der Waals surface area contributed by atoms with Gasteiger partial charge in [-0.1, -0.05) is 60.7 Å². The summed E-state index contributed by atoms with van der Waals surface area (Å²) in [5, 5.41) is 3.86. The Hall–Kier alpha value is -1.92. The van der Waals surface area contributed by atoms with Crippen molar-refractivity contribution in [3.63, 3.8) is 0 Å². The summed E-state index contributed by atoms with van der Waals surface area (Å²) in [4.78, 5) is 2.09. The molecule has 6 heteroatoms. The first-order chi connectivity index (χ1) is 12.0. The van der Waals surface area contributed by atoms with E-state index in [1.54, 1.807) is 0 Å². The van der Waals surface area contributed by atoms with Crippen LogP contribution in [0.4, 0.5) is 0 Å². The first kappa shape index (κ1) is 17.9. The van der Waals surface area contributed by atoms with Crippen molar-refractivity contribution < 1.29 is 8.42 Å². The van der Waals surface area contributed by atoms with Gasteiger partial charge >= 0.3 is 0 Å². The molecule has 0 saturated carbocycles. The number of hydrogen-bond donors (Lipinski definition) is 1. The van der Waals surface area contributed by atoms with Crippen molar-refractivity contribution in [2.24, 2.45) is 0 Å². The Morgan fingerprint density at radius 2 is 1.52 bits per heavy atom. The van der Waals surface area contributed by atoms with Crippen LogP contribution in [-0.2, 0) is 22.9 Å². The van der Waals surface area contributed by atoms with Crippen molar-refractivity contribution in [1.29, 1.82) is 0 Å². The number of hydrogen-bond acceptors (Lipinski definition) is 3. The highest BCUT2D eigenvalue weighted by Crippen LogP contribution is 2.14. The van der Waals surface area contributed by atoms with Crippen LogP contribution in [-0.4, -0.2) is 36.0 Å². The fraction of sp³-hybridized carbons (Fsp3) is 0.316. The molecule has 0 aliphatic carbocycles. The normalized spacial score (nSPS) is 18.6. The second kappa shape index (κ2) is 7.97. The molecule has 4 nitrogen and oxygen atoms in total. The lowest BCUT2D eigenvalue weighted by atomic mass is 10.2. The van der Waals surface area contributed by atoms with Gasteiger partial charge in [-0.3, -0.25) is 0 Å². The van der Waals surface area contributed by atoms with Crippen molar-refractivity contribution in [3.05, 3.63) is 71.8 Å². The minimum absolute atomic E-state index is 0.0912. The molecule has 132 valence electrons. The van der Waals surface area contributed by atoms with Crippen LogP contribution in [0.25, 0.3) is 0 Å². The molecule has 0 amide bonds. The Balaban J connectivity index is 1.71. The second-order valence-electron chi connectivity index (χ2n) is 6.38. The van der Waals surface area contributed by atoms with Gasteiger partial charge in [0.1, 0.15) is 0 Å².